The fourth-order valence-corrected chi connectivity index (χ4v) is 2.93. The third-order valence-corrected chi connectivity index (χ3v) is 4.10. The largest absolute Gasteiger partial charge is 0.481 e. The minimum atomic E-state index is -1.00. The van der Waals surface area contributed by atoms with Gasteiger partial charge in [-0.25, -0.2) is 0 Å². The van der Waals surface area contributed by atoms with Gasteiger partial charge in [-0.15, -0.1) is 0 Å². The van der Waals surface area contributed by atoms with Crippen molar-refractivity contribution in [2.45, 2.75) is 52.1 Å². The number of hydrogen-bond donors (Lipinski definition) is 1. The highest BCUT2D eigenvalue weighted by atomic mass is 16.5. The molecule has 23 heavy (non-hydrogen) atoms. The van der Waals surface area contributed by atoms with Gasteiger partial charge in [0.2, 0.25) is 0 Å². The number of hydrogen-bond acceptors (Lipinski definition) is 4. The van der Waals surface area contributed by atoms with Crippen LogP contribution in [0.3, 0.4) is 0 Å². The average molecular weight is 323 g/mol. The maximum Gasteiger partial charge on any atom is 0.311 e. The maximum absolute atomic E-state index is 12.8. The summed E-state index contributed by atoms with van der Waals surface area (Å²) < 4.78 is 11.1. The van der Waals surface area contributed by atoms with Crippen LogP contribution in [0.4, 0.5) is 0 Å². The molecule has 1 N–H and O–H groups in total. The standard InChI is InChI=1S/C17H25NO5/c1-3-9-22-13-5-4-7-18(8-6-13)17(21)16-12(2)11-23-14(16)10-15(19)20/h11,13H,3-10H2,1-2H3,(H,19,20). The Morgan fingerprint density at radius 1 is 1.39 bits per heavy atom. The number of ether oxygens (including phenoxy) is 1. The zero-order valence-corrected chi connectivity index (χ0v) is 13.8. The molecule has 128 valence electrons. The summed E-state index contributed by atoms with van der Waals surface area (Å²) in [7, 11) is 0. The first-order valence-corrected chi connectivity index (χ1v) is 8.22. The van der Waals surface area contributed by atoms with Crippen LogP contribution in [0.15, 0.2) is 10.7 Å². The summed E-state index contributed by atoms with van der Waals surface area (Å²) in [4.78, 5) is 25.5. The number of carbonyl (C=O) groups excluding carboxylic acids is 1. The van der Waals surface area contributed by atoms with Crippen molar-refractivity contribution in [2.24, 2.45) is 0 Å². The molecular weight excluding hydrogens is 298 g/mol. The van der Waals surface area contributed by atoms with E-state index in [4.69, 9.17) is 14.3 Å². The Hall–Kier alpha value is -1.82. The molecule has 0 aliphatic carbocycles. The molecule has 1 amide bonds. The van der Waals surface area contributed by atoms with Crippen molar-refractivity contribution >= 4 is 11.9 Å². The molecule has 0 radical (unpaired) electrons. The van der Waals surface area contributed by atoms with Gasteiger partial charge in [0.1, 0.15) is 12.2 Å². The number of carboxylic acids is 1. The van der Waals surface area contributed by atoms with Gasteiger partial charge in [0.15, 0.2) is 0 Å². The van der Waals surface area contributed by atoms with Gasteiger partial charge in [-0.1, -0.05) is 6.92 Å². The van der Waals surface area contributed by atoms with Crippen LogP contribution in [0.2, 0.25) is 0 Å². The van der Waals surface area contributed by atoms with E-state index in [1.165, 1.54) is 6.26 Å². The molecule has 1 fully saturated rings. The Labute approximate surface area is 136 Å². The number of carboxylic acid groups (broad SMARTS) is 1. The van der Waals surface area contributed by atoms with Crippen LogP contribution in [0, 0.1) is 6.92 Å². The van der Waals surface area contributed by atoms with E-state index in [1.54, 1.807) is 11.8 Å². The fraction of sp³-hybridized carbons (Fsp3) is 0.647. The van der Waals surface area contributed by atoms with Crippen LogP contribution in [-0.2, 0) is 16.0 Å². The number of aryl methyl sites for hydroxylation is 1. The van der Waals surface area contributed by atoms with Crippen LogP contribution in [0.25, 0.3) is 0 Å². The Morgan fingerprint density at radius 2 is 2.17 bits per heavy atom. The number of likely N-dealkylation sites (tertiary alicyclic amines) is 1. The molecule has 0 saturated carbocycles. The van der Waals surface area contributed by atoms with Crippen molar-refractivity contribution in [3.05, 3.63) is 23.2 Å². The van der Waals surface area contributed by atoms with Gasteiger partial charge in [0, 0.05) is 25.3 Å². The molecule has 6 nitrogen and oxygen atoms in total. The van der Waals surface area contributed by atoms with Gasteiger partial charge >= 0.3 is 5.97 Å². The third kappa shape index (κ3) is 4.58. The van der Waals surface area contributed by atoms with Gasteiger partial charge in [-0.3, -0.25) is 9.59 Å². The Kier molecular flexibility index (Phi) is 6.21. The molecule has 6 heteroatoms. The van der Waals surface area contributed by atoms with Gasteiger partial charge in [0.05, 0.1) is 17.9 Å². The molecule has 1 atom stereocenters. The second-order valence-electron chi connectivity index (χ2n) is 6.00. The van der Waals surface area contributed by atoms with Crippen molar-refractivity contribution < 1.29 is 23.8 Å². The van der Waals surface area contributed by atoms with E-state index in [9.17, 15) is 9.59 Å². The lowest BCUT2D eigenvalue weighted by atomic mass is 10.1. The van der Waals surface area contributed by atoms with E-state index >= 15 is 0 Å². The number of furan rings is 1. The topological polar surface area (TPSA) is 80.0 Å². The van der Waals surface area contributed by atoms with Crippen LogP contribution >= 0.6 is 0 Å². The third-order valence-electron chi connectivity index (χ3n) is 4.10. The van der Waals surface area contributed by atoms with Crippen LogP contribution < -0.4 is 0 Å². The highest BCUT2D eigenvalue weighted by Gasteiger charge is 2.27. The summed E-state index contributed by atoms with van der Waals surface area (Å²) in [6.07, 6.45) is 5.04. The predicted molar refractivity (Wildman–Crippen MR) is 84.6 cm³/mol. The van der Waals surface area contributed by atoms with E-state index in [0.29, 0.717) is 24.2 Å². The minimum absolute atomic E-state index is 0.136. The number of carbonyl (C=O) groups is 2. The first-order valence-electron chi connectivity index (χ1n) is 8.22. The Morgan fingerprint density at radius 3 is 2.87 bits per heavy atom. The second kappa shape index (κ2) is 8.15. The van der Waals surface area contributed by atoms with Crippen LogP contribution in [0.1, 0.15) is 54.3 Å². The van der Waals surface area contributed by atoms with Crippen molar-refractivity contribution in [2.75, 3.05) is 19.7 Å². The predicted octanol–water partition coefficient (Wildman–Crippen LogP) is 2.64. The number of nitrogens with zero attached hydrogens (tertiary/aromatic N) is 1. The summed E-state index contributed by atoms with van der Waals surface area (Å²) in [5, 5.41) is 8.95. The highest BCUT2D eigenvalue weighted by Crippen LogP contribution is 2.22. The summed E-state index contributed by atoms with van der Waals surface area (Å²) in [5.74, 6) is -0.899. The normalized spacial score (nSPS) is 18.7. The van der Waals surface area contributed by atoms with E-state index in [-0.39, 0.29) is 24.2 Å². The first kappa shape index (κ1) is 17.5. The van der Waals surface area contributed by atoms with Gasteiger partial charge in [-0.05, 0) is 32.6 Å². The maximum atomic E-state index is 12.8. The van der Waals surface area contributed by atoms with E-state index in [1.807, 2.05) is 0 Å². The number of rotatable bonds is 6. The quantitative estimate of drug-likeness (QED) is 0.870. The molecule has 2 rings (SSSR count). The zero-order chi connectivity index (χ0) is 16.8. The first-order chi connectivity index (χ1) is 11.0. The average Bonchev–Trinajstić information content (AvgIpc) is 2.73. The van der Waals surface area contributed by atoms with Crippen molar-refractivity contribution in [1.82, 2.24) is 4.90 Å². The zero-order valence-electron chi connectivity index (χ0n) is 13.8. The highest BCUT2D eigenvalue weighted by molar-refractivity contribution is 5.97. The molecule has 1 saturated heterocycles. The molecule has 2 heterocycles. The van der Waals surface area contributed by atoms with Crippen molar-refractivity contribution in [3.8, 4) is 0 Å². The molecule has 0 bridgehead atoms. The lowest BCUT2D eigenvalue weighted by Crippen LogP contribution is -2.33. The lowest BCUT2D eigenvalue weighted by molar-refractivity contribution is -0.136. The minimum Gasteiger partial charge on any atom is -0.481 e. The molecule has 1 aromatic heterocycles. The van der Waals surface area contributed by atoms with Crippen LogP contribution in [-0.4, -0.2) is 47.7 Å². The van der Waals surface area contributed by atoms with E-state index in [2.05, 4.69) is 6.92 Å². The number of aliphatic carboxylic acids is 1. The fourth-order valence-electron chi connectivity index (χ4n) is 2.93. The van der Waals surface area contributed by atoms with Gasteiger partial charge in [-0.2, -0.15) is 0 Å². The SMILES string of the molecule is CCCOC1CCCN(C(=O)c2c(C)coc2CC(=O)O)CC1. The summed E-state index contributed by atoms with van der Waals surface area (Å²) in [6, 6.07) is 0. The lowest BCUT2D eigenvalue weighted by Gasteiger charge is -2.21. The van der Waals surface area contributed by atoms with Gasteiger partial charge in [0.25, 0.3) is 5.91 Å². The Bertz CT molecular complexity index is 551. The number of amides is 1. The van der Waals surface area contributed by atoms with Crippen molar-refractivity contribution in [1.29, 1.82) is 0 Å². The molecule has 1 aliphatic rings. The van der Waals surface area contributed by atoms with Gasteiger partial charge < -0.3 is 19.2 Å². The van der Waals surface area contributed by atoms with E-state index < -0.39 is 5.97 Å². The molecule has 1 aromatic rings. The molecular formula is C17H25NO5. The molecule has 0 aromatic carbocycles. The second-order valence-corrected chi connectivity index (χ2v) is 6.00. The smallest absolute Gasteiger partial charge is 0.311 e. The summed E-state index contributed by atoms with van der Waals surface area (Å²) in [5.41, 5.74) is 1.09. The molecule has 1 aliphatic heterocycles. The summed E-state index contributed by atoms with van der Waals surface area (Å²) in [6.45, 7) is 5.90. The molecule has 1 unspecified atom stereocenters. The Balaban J connectivity index is 2.06. The van der Waals surface area contributed by atoms with Crippen LogP contribution in [0.5, 0.6) is 0 Å². The monoisotopic (exact) mass is 323 g/mol. The summed E-state index contributed by atoms with van der Waals surface area (Å²) >= 11 is 0. The van der Waals surface area contributed by atoms with E-state index in [0.717, 1.165) is 32.3 Å². The molecule has 0 spiro atoms. The van der Waals surface area contributed by atoms with Crippen molar-refractivity contribution in [3.63, 3.8) is 0 Å².